The Bertz CT molecular complexity index is 834. The molecule has 0 amide bonds. The number of aryl methyl sites for hydroxylation is 2. The van der Waals surface area contributed by atoms with Crippen molar-refractivity contribution in [2.45, 2.75) is 56.3 Å². The molecule has 3 heterocycles. The molecule has 0 radical (unpaired) electrons. The van der Waals surface area contributed by atoms with Crippen LogP contribution >= 0.6 is 0 Å². The summed E-state index contributed by atoms with van der Waals surface area (Å²) in [5.41, 5.74) is 0.133. The van der Waals surface area contributed by atoms with Crippen LogP contribution in [0.1, 0.15) is 48.9 Å². The molecule has 6 nitrogen and oxygen atoms in total. The number of halogens is 1. The van der Waals surface area contributed by atoms with Gasteiger partial charge >= 0.3 is 5.69 Å². The first-order chi connectivity index (χ1) is 10.5. The molecule has 3 aliphatic carbocycles. The van der Waals surface area contributed by atoms with Crippen molar-refractivity contribution in [1.29, 1.82) is 0 Å². The molecular weight excluding hydrogens is 285 g/mol. The van der Waals surface area contributed by atoms with Crippen LogP contribution in [0.5, 0.6) is 0 Å². The van der Waals surface area contributed by atoms with E-state index in [1.54, 1.807) is 21.6 Å². The lowest BCUT2D eigenvalue weighted by Crippen LogP contribution is -2.72. The molecule has 1 atom stereocenters. The molecule has 0 aromatic carbocycles. The maximum absolute atomic E-state index is 13.8. The van der Waals surface area contributed by atoms with Gasteiger partial charge < -0.3 is 0 Å². The highest BCUT2D eigenvalue weighted by molar-refractivity contribution is 5.23. The first kappa shape index (κ1) is 12.5. The van der Waals surface area contributed by atoms with Gasteiger partial charge in [0.05, 0.1) is 29.2 Å². The van der Waals surface area contributed by atoms with Gasteiger partial charge in [0.25, 0.3) is 0 Å². The number of hydrogen-bond acceptors (Lipinski definition) is 4. The van der Waals surface area contributed by atoms with E-state index in [2.05, 4.69) is 15.1 Å². The Morgan fingerprint density at radius 3 is 2.77 bits per heavy atom. The lowest BCUT2D eigenvalue weighted by atomic mass is 9.47. The number of rotatable bonds is 2. The average molecular weight is 301 g/mol. The van der Waals surface area contributed by atoms with Crippen LogP contribution in [0.2, 0.25) is 0 Å². The summed E-state index contributed by atoms with van der Waals surface area (Å²) < 4.78 is 17.0. The first-order valence-electron chi connectivity index (χ1n) is 7.68. The van der Waals surface area contributed by atoms with Gasteiger partial charge in [-0.25, -0.2) is 13.9 Å². The van der Waals surface area contributed by atoms with Crippen molar-refractivity contribution in [2.75, 3.05) is 0 Å². The lowest BCUT2D eigenvalue weighted by molar-refractivity contribution is -0.205. The molecule has 7 heteroatoms. The SMILES string of the molecule is Cc1cncc(C2CCc3nn(C45CC(F)(C4)C5)c(=O)n32)n1. The Morgan fingerprint density at radius 1 is 1.32 bits per heavy atom. The summed E-state index contributed by atoms with van der Waals surface area (Å²) in [6, 6.07) is -0.102. The third-order valence-corrected chi connectivity index (χ3v) is 5.34. The van der Waals surface area contributed by atoms with Crippen molar-refractivity contribution in [3.05, 3.63) is 40.1 Å². The summed E-state index contributed by atoms with van der Waals surface area (Å²) in [4.78, 5) is 21.5. The number of fused-ring (bicyclic) bond motifs is 1. The molecule has 3 fully saturated rings. The van der Waals surface area contributed by atoms with Gasteiger partial charge in [-0.1, -0.05) is 0 Å². The fourth-order valence-electron chi connectivity index (χ4n) is 4.37. The average Bonchev–Trinajstić information content (AvgIpc) is 2.95. The molecule has 2 bridgehead atoms. The highest BCUT2D eigenvalue weighted by Gasteiger charge is 2.71. The van der Waals surface area contributed by atoms with Crippen LogP contribution in [0.25, 0.3) is 0 Å². The van der Waals surface area contributed by atoms with Gasteiger partial charge in [-0.2, -0.15) is 5.10 Å². The van der Waals surface area contributed by atoms with Crippen LogP contribution in [-0.4, -0.2) is 30.0 Å². The van der Waals surface area contributed by atoms with Gasteiger partial charge in [0, 0.05) is 31.9 Å². The minimum atomic E-state index is -1.03. The fraction of sp³-hybridized carbons (Fsp3) is 0.600. The van der Waals surface area contributed by atoms with Crippen molar-refractivity contribution >= 4 is 0 Å². The summed E-state index contributed by atoms with van der Waals surface area (Å²) >= 11 is 0. The van der Waals surface area contributed by atoms with Gasteiger partial charge in [0.15, 0.2) is 0 Å². The standard InChI is InChI=1S/C15H16FN5O/c1-9-4-17-5-10(18-9)11-2-3-12-19-21(13(22)20(11)12)15-6-14(16,7-15)8-15/h4-5,11H,2-3,6-8H2,1H3. The fourth-order valence-corrected chi connectivity index (χ4v) is 4.37. The second-order valence-corrected chi connectivity index (χ2v) is 7.03. The Kier molecular flexibility index (Phi) is 2.07. The van der Waals surface area contributed by atoms with E-state index in [1.807, 2.05) is 6.92 Å². The maximum atomic E-state index is 13.8. The molecular formula is C15H16FN5O. The first-order valence-corrected chi connectivity index (χ1v) is 7.68. The maximum Gasteiger partial charge on any atom is 0.347 e. The molecule has 0 spiro atoms. The molecule has 4 aliphatic rings. The van der Waals surface area contributed by atoms with E-state index < -0.39 is 5.67 Å². The van der Waals surface area contributed by atoms with E-state index in [9.17, 15) is 9.18 Å². The molecule has 3 saturated carbocycles. The quantitative estimate of drug-likeness (QED) is 0.838. The molecule has 2 aromatic rings. The van der Waals surface area contributed by atoms with Crippen LogP contribution in [-0.2, 0) is 12.0 Å². The zero-order valence-corrected chi connectivity index (χ0v) is 12.3. The second-order valence-electron chi connectivity index (χ2n) is 7.03. The minimum absolute atomic E-state index is 0.102. The van der Waals surface area contributed by atoms with Crippen LogP contribution in [0.15, 0.2) is 17.2 Å². The summed E-state index contributed by atoms with van der Waals surface area (Å²) in [5.74, 6) is 0.788. The molecule has 1 unspecified atom stereocenters. The van der Waals surface area contributed by atoms with E-state index in [4.69, 9.17) is 0 Å². The summed E-state index contributed by atoms with van der Waals surface area (Å²) in [7, 11) is 0. The normalized spacial score (nSPS) is 34.9. The van der Waals surface area contributed by atoms with E-state index in [-0.39, 0.29) is 17.3 Å². The van der Waals surface area contributed by atoms with E-state index in [1.165, 1.54) is 0 Å². The number of aromatic nitrogens is 5. The van der Waals surface area contributed by atoms with E-state index in [0.717, 1.165) is 30.1 Å². The van der Waals surface area contributed by atoms with Crippen LogP contribution in [0.3, 0.4) is 0 Å². The van der Waals surface area contributed by atoms with Gasteiger partial charge in [-0.05, 0) is 13.3 Å². The molecule has 0 saturated heterocycles. The zero-order chi connectivity index (χ0) is 15.1. The molecule has 6 rings (SSSR count). The topological polar surface area (TPSA) is 65.6 Å². The predicted molar refractivity (Wildman–Crippen MR) is 75.4 cm³/mol. The molecule has 1 aliphatic heterocycles. The minimum Gasteiger partial charge on any atom is -0.270 e. The Balaban J connectivity index is 1.58. The summed E-state index contributed by atoms with van der Waals surface area (Å²) in [6.07, 6.45) is 6.29. The highest BCUT2D eigenvalue weighted by atomic mass is 19.1. The van der Waals surface area contributed by atoms with E-state index in [0.29, 0.717) is 19.3 Å². The Labute approximate surface area is 126 Å². The van der Waals surface area contributed by atoms with Crippen molar-refractivity contribution in [3.63, 3.8) is 0 Å². The van der Waals surface area contributed by atoms with Crippen molar-refractivity contribution in [2.24, 2.45) is 0 Å². The second kappa shape index (κ2) is 3.64. The van der Waals surface area contributed by atoms with Gasteiger partial charge in [-0.3, -0.25) is 14.5 Å². The third-order valence-electron chi connectivity index (χ3n) is 5.34. The smallest absolute Gasteiger partial charge is 0.270 e. The highest BCUT2D eigenvalue weighted by Crippen LogP contribution is 2.66. The number of alkyl halides is 1. The third kappa shape index (κ3) is 1.39. The van der Waals surface area contributed by atoms with Gasteiger partial charge in [0.1, 0.15) is 11.5 Å². The molecule has 22 heavy (non-hydrogen) atoms. The van der Waals surface area contributed by atoms with Gasteiger partial charge in [-0.15, -0.1) is 0 Å². The number of nitrogens with zero attached hydrogens (tertiary/aromatic N) is 5. The molecule has 114 valence electrons. The Morgan fingerprint density at radius 2 is 2.09 bits per heavy atom. The van der Waals surface area contributed by atoms with Crippen molar-refractivity contribution < 1.29 is 4.39 Å². The van der Waals surface area contributed by atoms with E-state index >= 15 is 0 Å². The largest absolute Gasteiger partial charge is 0.347 e. The van der Waals surface area contributed by atoms with Crippen LogP contribution in [0.4, 0.5) is 4.39 Å². The monoisotopic (exact) mass is 301 g/mol. The summed E-state index contributed by atoms with van der Waals surface area (Å²) in [6.45, 7) is 1.89. The van der Waals surface area contributed by atoms with Crippen LogP contribution < -0.4 is 5.69 Å². The van der Waals surface area contributed by atoms with Crippen molar-refractivity contribution in [3.8, 4) is 0 Å². The molecule has 0 N–H and O–H groups in total. The lowest BCUT2D eigenvalue weighted by Gasteiger charge is -2.64. The van der Waals surface area contributed by atoms with Gasteiger partial charge in [0.2, 0.25) is 0 Å². The summed E-state index contributed by atoms with van der Waals surface area (Å²) in [5, 5.41) is 4.50. The Hall–Kier alpha value is -2.05. The molecule has 2 aromatic heterocycles. The van der Waals surface area contributed by atoms with Crippen LogP contribution in [0, 0.1) is 6.92 Å². The number of hydrogen-bond donors (Lipinski definition) is 0. The zero-order valence-electron chi connectivity index (χ0n) is 12.3. The van der Waals surface area contributed by atoms with Crippen molar-refractivity contribution in [1.82, 2.24) is 24.3 Å². The predicted octanol–water partition coefficient (Wildman–Crippen LogP) is 1.28.